The van der Waals surface area contributed by atoms with Crippen molar-refractivity contribution in [3.63, 3.8) is 0 Å². The van der Waals surface area contributed by atoms with Gasteiger partial charge in [0.2, 0.25) is 5.95 Å². The summed E-state index contributed by atoms with van der Waals surface area (Å²) in [6.45, 7) is 0. The molecule has 0 fully saturated rings. The fraction of sp³-hybridized carbons (Fsp3) is 0. The van der Waals surface area contributed by atoms with E-state index in [1.807, 2.05) is 0 Å². The minimum atomic E-state index is -3.85. The first-order valence-corrected chi connectivity index (χ1v) is 9.76. The molecule has 10 heteroatoms. The number of nitrogens with zero attached hydrogens (tertiary/aromatic N) is 2. The Bertz CT molecular complexity index is 1080. The lowest BCUT2D eigenvalue weighted by atomic mass is 10.2. The van der Waals surface area contributed by atoms with Gasteiger partial charge >= 0.3 is 0 Å². The third-order valence-electron chi connectivity index (χ3n) is 3.41. The maximum absolute atomic E-state index is 12.3. The summed E-state index contributed by atoms with van der Waals surface area (Å²) in [4.78, 5) is 19.9. The highest BCUT2D eigenvalue weighted by molar-refractivity contribution is 7.92. The summed E-state index contributed by atoms with van der Waals surface area (Å²) in [7, 11) is -3.85. The number of hydrogen-bond acceptors (Lipinski definition) is 5. The predicted molar refractivity (Wildman–Crippen MR) is 104 cm³/mol. The lowest BCUT2D eigenvalue weighted by Crippen LogP contribution is -2.15. The number of hydrogen-bond donors (Lipinski definition) is 2. The van der Waals surface area contributed by atoms with Crippen molar-refractivity contribution in [2.75, 3.05) is 10.0 Å². The molecule has 1 amide bonds. The second-order valence-corrected chi connectivity index (χ2v) is 7.73. The van der Waals surface area contributed by atoms with Crippen LogP contribution in [0.1, 0.15) is 10.4 Å². The van der Waals surface area contributed by atoms with Gasteiger partial charge in [0.1, 0.15) is 0 Å². The van der Waals surface area contributed by atoms with Crippen LogP contribution in [0.3, 0.4) is 0 Å². The second-order valence-electron chi connectivity index (χ2n) is 5.26. The number of halogens is 2. The summed E-state index contributed by atoms with van der Waals surface area (Å²) < 4.78 is 26.9. The number of sulfonamides is 1. The minimum absolute atomic E-state index is 0.00580. The Morgan fingerprint density at radius 1 is 0.926 bits per heavy atom. The monoisotopic (exact) mass is 422 g/mol. The Balaban J connectivity index is 1.75. The van der Waals surface area contributed by atoms with Crippen LogP contribution in [0.4, 0.5) is 11.6 Å². The van der Waals surface area contributed by atoms with Crippen LogP contribution < -0.4 is 10.0 Å². The Kier molecular flexibility index (Phi) is 5.59. The van der Waals surface area contributed by atoms with E-state index in [0.29, 0.717) is 5.69 Å². The Morgan fingerprint density at radius 3 is 2.26 bits per heavy atom. The SMILES string of the molecule is O=C(Nc1ccc(S(=O)(=O)Nc2ncccn2)cc1)c1cccc(Cl)c1Cl. The van der Waals surface area contributed by atoms with E-state index in [2.05, 4.69) is 20.0 Å². The first-order valence-electron chi connectivity index (χ1n) is 7.52. The van der Waals surface area contributed by atoms with Gasteiger partial charge in [-0.05, 0) is 42.5 Å². The fourth-order valence-corrected chi connectivity index (χ4v) is 3.47. The first-order chi connectivity index (χ1) is 12.9. The van der Waals surface area contributed by atoms with Crippen molar-refractivity contribution in [2.45, 2.75) is 4.90 Å². The van der Waals surface area contributed by atoms with Crippen LogP contribution in [0.2, 0.25) is 10.0 Å². The maximum Gasteiger partial charge on any atom is 0.264 e. The fourth-order valence-electron chi connectivity index (χ4n) is 2.13. The first kappa shape index (κ1) is 19.1. The van der Waals surface area contributed by atoms with Gasteiger partial charge in [0, 0.05) is 18.1 Å². The van der Waals surface area contributed by atoms with Crippen molar-refractivity contribution in [1.29, 1.82) is 0 Å². The number of amides is 1. The molecule has 0 spiro atoms. The van der Waals surface area contributed by atoms with E-state index in [0.717, 1.165) is 0 Å². The van der Waals surface area contributed by atoms with Crippen LogP contribution in [-0.4, -0.2) is 24.3 Å². The molecule has 138 valence electrons. The molecule has 0 atom stereocenters. The van der Waals surface area contributed by atoms with Gasteiger partial charge < -0.3 is 5.32 Å². The van der Waals surface area contributed by atoms with Crippen LogP contribution >= 0.6 is 23.2 Å². The van der Waals surface area contributed by atoms with Gasteiger partial charge in [0.15, 0.2) is 0 Å². The standard InChI is InChI=1S/C17H12Cl2N4O3S/c18-14-4-1-3-13(15(14)19)16(24)22-11-5-7-12(8-6-11)27(25,26)23-17-20-9-2-10-21-17/h1-10H,(H,22,24)(H,20,21,23). The Morgan fingerprint density at radius 2 is 1.59 bits per heavy atom. The molecule has 27 heavy (non-hydrogen) atoms. The molecular formula is C17H12Cl2N4O3S. The van der Waals surface area contributed by atoms with Crippen molar-refractivity contribution >= 4 is 50.8 Å². The lowest BCUT2D eigenvalue weighted by Gasteiger charge is -2.09. The normalized spacial score (nSPS) is 11.0. The van der Waals surface area contributed by atoms with Gasteiger partial charge in [0.25, 0.3) is 15.9 Å². The maximum atomic E-state index is 12.3. The van der Waals surface area contributed by atoms with E-state index >= 15 is 0 Å². The van der Waals surface area contributed by atoms with Crippen LogP contribution in [0, 0.1) is 0 Å². The van der Waals surface area contributed by atoms with Crippen molar-refractivity contribution in [3.8, 4) is 0 Å². The number of carbonyl (C=O) groups excluding carboxylic acids is 1. The van der Waals surface area contributed by atoms with Gasteiger partial charge in [0.05, 0.1) is 20.5 Å². The average Bonchev–Trinajstić information content (AvgIpc) is 2.65. The molecule has 0 unspecified atom stereocenters. The molecule has 0 saturated heterocycles. The highest BCUT2D eigenvalue weighted by Gasteiger charge is 2.16. The molecule has 0 radical (unpaired) electrons. The van der Waals surface area contributed by atoms with Gasteiger partial charge in [-0.15, -0.1) is 0 Å². The zero-order valence-corrected chi connectivity index (χ0v) is 15.9. The molecule has 2 N–H and O–H groups in total. The topological polar surface area (TPSA) is 101 Å². The van der Waals surface area contributed by atoms with E-state index in [4.69, 9.17) is 23.2 Å². The van der Waals surface area contributed by atoms with Crippen LogP contribution in [0.5, 0.6) is 0 Å². The van der Waals surface area contributed by atoms with E-state index in [1.165, 1.54) is 42.7 Å². The third-order valence-corrected chi connectivity index (χ3v) is 5.57. The molecular weight excluding hydrogens is 411 g/mol. The van der Waals surface area contributed by atoms with Gasteiger partial charge in [-0.1, -0.05) is 29.3 Å². The minimum Gasteiger partial charge on any atom is -0.322 e. The summed E-state index contributed by atoms with van der Waals surface area (Å²) in [6, 6.07) is 11.9. The summed E-state index contributed by atoms with van der Waals surface area (Å²) in [6.07, 6.45) is 2.84. The number of aromatic nitrogens is 2. The zero-order valence-electron chi connectivity index (χ0n) is 13.6. The number of benzene rings is 2. The average molecular weight is 423 g/mol. The van der Waals surface area contributed by atoms with Crippen LogP contribution in [0.25, 0.3) is 0 Å². The van der Waals surface area contributed by atoms with E-state index < -0.39 is 15.9 Å². The highest BCUT2D eigenvalue weighted by Crippen LogP contribution is 2.26. The molecule has 0 bridgehead atoms. The van der Waals surface area contributed by atoms with Crippen molar-refractivity contribution in [3.05, 3.63) is 76.5 Å². The quantitative estimate of drug-likeness (QED) is 0.650. The summed E-state index contributed by atoms with van der Waals surface area (Å²) >= 11 is 11.9. The summed E-state index contributed by atoms with van der Waals surface area (Å²) in [5, 5.41) is 3.04. The molecule has 0 aliphatic heterocycles. The number of anilines is 2. The molecule has 1 aromatic heterocycles. The zero-order chi connectivity index (χ0) is 19.4. The van der Waals surface area contributed by atoms with Gasteiger partial charge in [-0.3, -0.25) is 4.79 Å². The summed E-state index contributed by atoms with van der Waals surface area (Å²) in [5.41, 5.74) is 0.606. The van der Waals surface area contributed by atoms with Crippen molar-refractivity contribution in [1.82, 2.24) is 9.97 Å². The highest BCUT2D eigenvalue weighted by atomic mass is 35.5. The number of carbonyl (C=O) groups is 1. The Labute approximate surface area is 165 Å². The van der Waals surface area contributed by atoms with E-state index in [-0.39, 0.29) is 26.5 Å². The van der Waals surface area contributed by atoms with Gasteiger partial charge in [-0.2, -0.15) is 0 Å². The van der Waals surface area contributed by atoms with Crippen LogP contribution in [0.15, 0.2) is 65.8 Å². The molecule has 0 aliphatic carbocycles. The van der Waals surface area contributed by atoms with Crippen LogP contribution in [-0.2, 0) is 10.0 Å². The largest absolute Gasteiger partial charge is 0.322 e. The third kappa shape index (κ3) is 4.54. The molecule has 3 aromatic rings. The molecule has 0 aliphatic rings. The molecule has 2 aromatic carbocycles. The van der Waals surface area contributed by atoms with Gasteiger partial charge in [-0.25, -0.2) is 23.1 Å². The molecule has 0 saturated carbocycles. The predicted octanol–water partition coefficient (Wildman–Crippen LogP) is 3.84. The number of rotatable bonds is 5. The van der Waals surface area contributed by atoms with Crippen molar-refractivity contribution < 1.29 is 13.2 Å². The Hall–Kier alpha value is -2.68. The number of nitrogens with one attached hydrogen (secondary N) is 2. The van der Waals surface area contributed by atoms with E-state index in [1.54, 1.807) is 18.2 Å². The van der Waals surface area contributed by atoms with Crippen molar-refractivity contribution in [2.24, 2.45) is 0 Å². The van der Waals surface area contributed by atoms with E-state index in [9.17, 15) is 13.2 Å². The smallest absolute Gasteiger partial charge is 0.264 e. The molecule has 7 nitrogen and oxygen atoms in total. The summed E-state index contributed by atoms with van der Waals surface area (Å²) in [5.74, 6) is -0.501. The molecule has 1 heterocycles. The lowest BCUT2D eigenvalue weighted by molar-refractivity contribution is 0.102. The second kappa shape index (κ2) is 7.91. The molecule has 3 rings (SSSR count).